The van der Waals surface area contributed by atoms with Crippen LogP contribution in [0.2, 0.25) is 5.02 Å². The number of imidazole rings is 1. The monoisotopic (exact) mass is 276 g/mol. The van der Waals surface area contributed by atoms with Crippen LogP contribution in [-0.2, 0) is 6.54 Å². The van der Waals surface area contributed by atoms with E-state index in [4.69, 9.17) is 11.6 Å². The van der Waals surface area contributed by atoms with E-state index in [1.807, 2.05) is 30.7 Å². The molecule has 0 aliphatic heterocycles. The zero-order chi connectivity index (χ0) is 13.4. The highest BCUT2D eigenvalue weighted by atomic mass is 35.5. The summed E-state index contributed by atoms with van der Waals surface area (Å²) < 4.78 is 1.93. The third-order valence-electron chi connectivity index (χ3n) is 3.53. The van der Waals surface area contributed by atoms with Crippen molar-refractivity contribution in [2.75, 3.05) is 0 Å². The van der Waals surface area contributed by atoms with Crippen molar-refractivity contribution in [3.63, 3.8) is 0 Å². The van der Waals surface area contributed by atoms with Gasteiger partial charge in [-0.1, -0.05) is 11.6 Å². The summed E-state index contributed by atoms with van der Waals surface area (Å²) in [6.45, 7) is 4.83. The number of pyridine rings is 1. The molecular weight excluding hydrogens is 260 g/mol. The molecule has 1 aliphatic rings. The first kappa shape index (κ1) is 12.6. The lowest BCUT2D eigenvalue weighted by Gasteiger charge is -2.09. The highest BCUT2D eigenvalue weighted by molar-refractivity contribution is 6.32. The van der Waals surface area contributed by atoms with Gasteiger partial charge >= 0.3 is 0 Å². The lowest BCUT2D eigenvalue weighted by Crippen LogP contribution is -2.15. The first-order valence-electron chi connectivity index (χ1n) is 6.54. The van der Waals surface area contributed by atoms with Crippen molar-refractivity contribution < 1.29 is 0 Å². The number of nitrogens with one attached hydrogen (secondary N) is 1. The van der Waals surface area contributed by atoms with Crippen molar-refractivity contribution in [1.29, 1.82) is 0 Å². The van der Waals surface area contributed by atoms with Crippen LogP contribution >= 0.6 is 11.6 Å². The zero-order valence-electron chi connectivity index (χ0n) is 11.2. The summed E-state index contributed by atoms with van der Waals surface area (Å²) in [4.78, 5) is 8.75. The topological polar surface area (TPSA) is 42.7 Å². The maximum Gasteiger partial charge on any atom is 0.156 e. The standard InChI is InChI=1S/C14H17ClN4/c1-9-10(2)19(8-18-9)14-13(15)5-11(7-17-14)6-16-12-3-4-12/h5,7-8,12,16H,3-4,6H2,1-2H3. The second-order valence-electron chi connectivity index (χ2n) is 5.09. The maximum atomic E-state index is 6.34. The minimum atomic E-state index is 0.663. The summed E-state index contributed by atoms with van der Waals surface area (Å²) in [5, 5.41) is 4.12. The summed E-state index contributed by atoms with van der Waals surface area (Å²) in [6.07, 6.45) is 6.21. The highest BCUT2D eigenvalue weighted by Gasteiger charge is 2.20. The smallest absolute Gasteiger partial charge is 0.156 e. The van der Waals surface area contributed by atoms with Gasteiger partial charge in [-0.3, -0.25) is 4.57 Å². The molecule has 0 amide bonds. The molecule has 100 valence electrons. The Morgan fingerprint density at radius 1 is 1.37 bits per heavy atom. The Balaban J connectivity index is 1.84. The molecule has 0 spiro atoms. The summed E-state index contributed by atoms with van der Waals surface area (Å²) >= 11 is 6.34. The van der Waals surface area contributed by atoms with E-state index in [0.717, 1.165) is 29.3 Å². The molecule has 1 N–H and O–H groups in total. The molecular formula is C14H17ClN4. The quantitative estimate of drug-likeness (QED) is 0.934. The van der Waals surface area contributed by atoms with Crippen molar-refractivity contribution in [2.45, 2.75) is 39.3 Å². The minimum absolute atomic E-state index is 0.663. The summed E-state index contributed by atoms with van der Waals surface area (Å²) in [5.74, 6) is 0.745. The zero-order valence-corrected chi connectivity index (χ0v) is 11.9. The molecule has 0 unspecified atom stereocenters. The van der Waals surface area contributed by atoms with E-state index in [9.17, 15) is 0 Å². The minimum Gasteiger partial charge on any atom is -0.310 e. The molecule has 2 heterocycles. The molecule has 5 heteroatoms. The van der Waals surface area contributed by atoms with Crippen LogP contribution < -0.4 is 5.32 Å². The van der Waals surface area contributed by atoms with Crippen molar-refractivity contribution >= 4 is 11.6 Å². The van der Waals surface area contributed by atoms with Crippen molar-refractivity contribution in [1.82, 2.24) is 19.9 Å². The van der Waals surface area contributed by atoms with Crippen molar-refractivity contribution in [3.05, 3.63) is 40.6 Å². The summed E-state index contributed by atoms with van der Waals surface area (Å²) in [5.41, 5.74) is 3.19. The van der Waals surface area contributed by atoms with E-state index >= 15 is 0 Å². The third-order valence-corrected chi connectivity index (χ3v) is 3.81. The average Bonchev–Trinajstić information content (AvgIpc) is 3.16. The van der Waals surface area contributed by atoms with Crippen LogP contribution in [0, 0.1) is 13.8 Å². The van der Waals surface area contributed by atoms with Gasteiger partial charge in [0.15, 0.2) is 5.82 Å². The Morgan fingerprint density at radius 2 is 2.16 bits per heavy atom. The van der Waals surface area contributed by atoms with Gasteiger partial charge in [0.05, 0.1) is 10.7 Å². The molecule has 0 radical (unpaired) electrons. The second-order valence-corrected chi connectivity index (χ2v) is 5.50. The Bertz CT molecular complexity index is 601. The number of halogens is 1. The molecule has 0 atom stereocenters. The Labute approximate surface area is 117 Å². The highest BCUT2D eigenvalue weighted by Crippen LogP contribution is 2.23. The van der Waals surface area contributed by atoms with E-state index in [2.05, 4.69) is 15.3 Å². The van der Waals surface area contributed by atoms with Gasteiger partial charge in [0.25, 0.3) is 0 Å². The van der Waals surface area contributed by atoms with Crippen LogP contribution in [0.3, 0.4) is 0 Å². The van der Waals surface area contributed by atoms with Gasteiger partial charge in [-0.25, -0.2) is 9.97 Å². The van der Waals surface area contributed by atoms with Gasteiger partial charge in [-0.05, 0) is 38.3 Å². The third kappa shape index (κ3) is 2.65. The van der Waals surface area contributed by atoms with Crippen molar-refractivity contribution in [3.8, 4) is 5.82 Å². The second kappa shape index (κ2) is 4.94. The van der Waals surface area contributed by atoms with Gasteiger partial charge in [0, 0.05) is 24.5 Å². The number of aromatic nitrogens is 3. The maximum absolute atomic E-state index is 6.34. The summed E-state index contributed by atoms with van der Waals surface area (Å²) in [6, 6.07) is 2.67. The molecule has 0 aromatic carbocycles. The Kier molecular flexibility index (Phi) is 3.29. The SMILES string of the molecule is Cc1ncn(-c2ncc(CNC3CC3)cc2Cl)c1C. The molecule has 19 heavy (non-hydrogen) atoms. The molecule has 1 saturated carbocycles. The van der Waals surface area contributed by atoms with E-state index in [1.54, 1.807) is 6.33 Å². The fourth-order valence-corrected chi connectivity index (χ4v) is 2.29. The summed E-state index contributed by atoms with van der Waals surface area (Å²) in [7, 11) is 0. The molecule has 3 rings (SSSR count). The predicted octanol–water partition coefficient (Wildman–Crippen LogP) is 2.79. The molecule has 2 aromatic heterocycles. The number of aryl methyl sites for hydroxylation is 1. The molecule has 4 nitrogen and oxygen atoms in total. The molecule has 1 fully saturated rings. The number of nitrogens with zero attached hydrogens (tertiary/aromatic N) is 3. The van der Waals surface area contributed by atoms with E-state index < -0.39 is 0 Å². The Morgan fingerprint density at radius 3 is 2.74 bits per heavy atom. The van der Waals surface area contributed by atoms with Gasteiger partial charge < -0.3 is 5.32 Å². The first-order chi connectivity index (χ1) is 9.15. The fourth-order valence-electron chi connectivity index (χ4n) is 2.01. The van der Waals surface area contributed by atoms with E-state index in [1.165, 1.54) is 12.8 Å². The van der Waals surface area contributed by atoms with Crippen LogP contribution in [0.1, 0.15) is 29.8 Å². The number of rotatable bonds is 4. The predicted molar refractivity (Wildman–Crippen MR) is 75.7 cm³/mol. The number of hydrogen-bond donors (Lipinski definition) is 1. The van der Waals surface area contributed by atoms with Crippen LogP contribution in [0.15, 0.2) is 18.6 Å². The van der Waals surface area contributed by atoms with Gasteiger partial charge in [0.1, 0.15) is 6.33 Å². The lowest BCUT2D eigenvalue weighted by atomic mass is 10.2. The average molecular weight is 277 g/mol. The molecule has 0 saturated heterocycles. The van der Waals surface area contributed by atoms with Crippen LogP contribution in [0.25, 0.3) is 5.82 Å². The van der Waals surface area contributed by atoms with E-state index in [-0.39, 0.29) is 0 Å². The van der Waals surface area contributed by atoms with E-state index in [0.29, 0.717) is 11.1 Å². The largest absolute Gasteiger partial charge is 0.310 e. The van der Waals surface area contributed by atoms with Gasteiger partial charge in [0.2, 0.25) is 0 Å². The molecule has 1 aliphatic carbocycles. The fraction of sp³-hybridized carbons (Fsp3) is 0.429. The van der Waals surface area contributed by atoms with Crippen LogP contribution in [0.5, 0.6) is 0 Å². The normalized spacial score (nSPS) is 14.9. The van der Waals surface area contributed by atoms with Gasteiger partial charge in [-0.2, -0.15) is 0 Å². The molecule has 0 bridgehead atoms. The van der Waals surface area contributed by atoms with Crippen LogP contribution in [0.4, 0.5) is 0 Å². The molecule has 2 aromatic rings. The van der Waals surface area contributed by atoms with Crippen molar-refractivity contribution in [2.24, 2.45) is 0 Å². The lowest BCUT2D eigenvalue weighted by molar-refractivity contribution is 0.685. The first-order valence-corrected chi connectivity index (χ1v) is 6.91. The van der Waals surface area contributed by atoms with Gasteiger partial charge in [-0.15, -0.1) is 0 Å². The number of hydrogen-bond acceptors (Lipinski definition) is 3. The Hall–Kier alpha value is -1.39. The van der Waals surface area contributed by atoms with Crippen LogP contribution in [-0.4, -0.2) is 20.6 Å².